The van der Waals surface area contributed by atoms with Crippen molar-refractivity contribution in [1.29, 1.82) is 0 Å². The average Bonchev–Trinajstić information content (AvgIpc) is 2.78. The average molecular weight is 265 g/mol. The van der Waals surface area contributed by atoms with Crippen molar-refractivity contribution in [3.63, 3.8) is 0 Å². The van der Waals surface area contributed by atoms with Gasteiger partial charge in [-0.3, -0.25) is 4.79 Å². The molecule has 0 radical (unpaired) electrons. The third kappa shape index (κ3) is 3.37. The van der Waals surface area contributed by atoms with Crippen LogP contribution in [0.2, 0.25) is 0 Å². The molecule has 19 heavy (non-hydrogen) atoms. The molecule has 0 spiro atoms. The molecule has 0 aromatic heterocycles. The van der Waals surface area contributed by atoms with Crippen LogP contribution in [0.4, 0.5) is 0 Å². The number of amides is 1. The first kappa shape index (κ1) is 14.1. The zero-order valence-corrected chi connectivity index (χ0v) is 11.4. The van der Waals surface area contributed by atoms with Crippen LogP contribution in [0, 0.1) is 11.8 Å². The summed E-state index contributed by atoms with van der Waals surface area (Å²) in [5, 5.41) is 9.42. The Hall–Kier alpha value is -1.32. The Bertz CT molecular complexity index is 360. The number of likely N-dealkylation sites (tertiary alicyclic amines) is 1. The quantitative estimate of drug-likeness (QED) is 0.777. The molecule has 1 saturated carbocycles. The lowest BCUT2D eigenvalue weighted by Gasteiger charge is -2.30. The second kappa shape index (κ2) is 6.22. The monoisotopic (exact) mass is 265 g/mol. The van der Waals surface area contributed by atoms with E-state index in [0.717, 1.165) is 12.8 Å². The lowest BCUT2D eigenvalue weighted by Crippen LogP contribution is -2.43. The van der Waals surface area contributed by atoms with Gasteiger partial charge in [-0.2, -0.15) is 0 Å². The van der Waals surface area contributed by atoms with Gasteiger partial charge in [-0.25, -0.2) is 4.79 Å². The maximum atomic E-state index is 11.9. The van der Waals surface area contributed by atoms with E-state index in [9.17, 15) is 14.7 Å². The van der Waals surface area contributed by atoms with Gasteiger partial charge in [-0.15, -0.1) is 6.58 Å². The molecular weight excluding hydrogens is 242 g/mol. The van der Waals surface area contributed by atoms with Crippen molar-refractivity contribution in [2.45, 2.75) is 51.0 Å². The molecule has 1 amide bonds. The van der Waals surface area contributed by atoms with Crippen molar-refractivity contribution in [2.75, 3.05) is 6.54 Å². The minimum atomic E-state index is -0.858. The van der Waals surface area contributed by atoms with Crippen LogP contribution in [0.1, 0.15) is 44.9 Å². The van der Waals surface area contributed by atoms with Crippen LogP contribution in [0.15, 0.2) is 12.7 Å². The van der Waals surface area contributed by atoms with Gasteiger partial charge < -0.3 is 10.0 Å². The van der Waals surface area contributed by atoms with Crippen molar-refractivity contribution in [1.82, 2.24) is 4.90 Å². The van der Waals surface area contributed by atoms with Crippen molar-refractivity contribution >= 4 is 11.9 Å². The van der Waals surface area contributed by atoms with E-state index in [0.29, 0.717) is 25.3 Å². The molecule has 1 heterocycles. The number of carboxylic acids is 1. The second-order valence-electron chi connectivity index (χ2n) is 5.84. The molecule has 4 nitrogen and oxygen atoms in total. The third-order valence-electron chi connectivity index (χ3n) is 4.46. The number of carbonyl (C=O) groups is 2. The Balaban J connectivity index is 2.01. The van der Waals surface area contributed by atoms with Crippen LogP contribution in [0.5, 0.6) is 0 Å². The summed E-state index contributed by atoms with van der Waals surface area (Å²) in [6.07, 6.45) is 8.66. The van der Waals surface area contributed by atoms with Crippen LogP contribution in [0.25, 0.3) is 0 Å². The van der Waals surface area contributed by atoms with Gasteiger partial charge in [0.15, 0.2) is 0 Å². The van der Waals surface area contributed by atoms with Crippen molar-refractivity contribution in [2.24, 2.45) is 11.8 Å². The molecule has 106 valence electrons. The van der Waals surface area contributed by atoms with Crippen LogP contribution in [-0.4, -0.2) is 34.5 Å². The number of hydrogen-bond acceptors (Lipinski definition) is 2. The van der Waals surface area contributed by atoms with Gasteiger partial charge in [0, 0.05) is 18.9 Å². The van der Waals surface area contributed by atoms with Gasteiger partial charge in [0.25, 0.3) is 0 Å². The van der Waals surface area contributed by atoms with E-state index in [2.05, 4.69) is 6.58 Å². The minimum Gasteiger partial charge on any atom is -0.480 e. The highest BCUT2D eigenvalue weighted by Crippen LogP contribution is 2.31. The Morgan fingerprint density at radius 1 is 1.42 bits per heavy atom. The highest BCUT2D eigenvalue weighted by atomic mass is 16.4. The predicted molar refractivity (Wildman–Crippen MR) is 72.6 cm³/mol. The van der Waals surface area contributed by atoms with Crippen molar-refractivity contribution in [3.05, 3.63) is 12.7 Å². The van der Waals surface area contributed by atoms with Crippen LogP contribution in [0.3, 0.4) is 0 Å². The topological polar surface area (TPSA) is 57.6 Å². The zero-order valence-electron chi connectivity index (χ0n) is 11.4. The van der Waals surface area contributed by atoms with Gasteiger partial charge in [-0.1, -0.05) is 38.2 Å². The molecule has 2 aliphatic rings. The van der Waals surface area contributed by atoms with Crippen LogP contribution >= 0.6 is 0 Å². The van der Waals surface area contributed by atoms with E-state index in [1.54, 1.807) is 11.0 Å². The lowest BCUT2D eigenvalue weighted by atomic mass is 9.84. The molecule has 1 N–H and O–H groups in total. The Morgan fingerprint density at radius 2 is 2.11 bits per heavy atom. The van der Waals surface area contributed by atoms with E-state index in [1.807, 2.05) is 0 Å². The second-order valence-corrected chi connectivity index (χ2v) is 5.84. The normalized spacial score (nSPS) is 26.4. The van der Waals surface area contributed by atoms with E-state index in [4.69, 9.17) is 0 Å². The first-order chi connectivity index (χ1) is 9.11. The molecule has 2 fully saturated rings. The minimum absolute atomic E-state index is 0.0342. The summed E-state index contributed by atoms with van der Waals surface area (Å²) in [6, 6.07) is -0.638. The number of rotatable bonds is 5. The zero-order chi connectivity index (χ0) is 13.8. The third-order valence-corrected chi connectivity index (χ3v) is 4.46. The molecule has 1 unspecified atom stereocenters. The molecule has 0 aromatic carbocycles. The standard InChI is InChI=1S/C15H23NO3/c1-2-11-9-14(17)16(10-11)13(15(18)19)8-12-6-4-3-5-7-12/h2,11-13H,1,3-10H2,(H,18,19)/t11?,13-/m0/s1. The number of carbonyl (C=O) groups excluding carboxylic acids is 1. The summed E-state index contributed by atoms with van der Waals surface area (Å²) in [5.74, 6) is -0.317. The summed E-state index contributed by atoms with van der Waals surface area (Å²) in [7, 11) is 0. The Morgan fingerprint density at radius 3 is 2.63 bits per heavy atom. The van der Waals surface area contributed by atoms with Gasteiger partial charge in [-0.05, 0) is 12.3 Å². The number of aliphatic carboxylic acids is 1. The van der Waals surface area contributed by atoms with Crippen molar-refractivity contribution < 1.29 is 14.7 Å². The van der Waals surface area contributed by atoms with E-state index >= 15 is 0 Å². The number of nitrogens with zero attached hydrogens (tertiary/aromatic N) is 1. The van der Waals surface area contributed by atoms with Crippen LogP contribution in [-0.2, 0) is 9.59 Å². The molecule has 1 aliphatic heterocycles. The number of hydrogen-bond donors (Lipinski definition) is 1. The summed E-state index contributed by atoms with van der Waals surface area (Å²) in [4.78, 5) is 25.0. The SMILES string of the molecule is C=CC1CC(=O)N([C@@H](CC2CCCCC2)C(=O)O)C1. The summed E-state index contributed by atoms with van der Waals surface area (Å²) < 4.78 is 0. The molecule has 0 bridgehead atoms. The summed E-state index contributed by atoms with van der Waals surface area (Å²) in [6.45, 7) is 4.22. The summed E-state index contributed by atoms with van der Waals surface area (Å²) >= 11 is 0. The largest absolute Gasteiger partial charge is 0.480 e. The maximum absolute atomic E-state index is 11.9. The van der Waals surface area contributed by atoms with Gasteiger partial charge in [0.05, 0.1) is 0 Å². The maximum Gasteiger partial charge on any atom is 0.326 e. The molecule has 4 heteroatoms. The Labute approximate surface area is 114 Å². The fourth-order valence-electron chi connectivity index (χ4n) is 3.32. The fourth-order valence-corrected chi connectivity index (χ4v) is 3.32. The van der Waals surface area contributed by atoms with Gasteiger partial charge in [0.1, 0.15) is 6.04 Å². The van der Waals surface area contributed by atoms with Gasteiger partial charge in [0.2, 0.25) is 5.91 Å². The Kier molecular flexibility index (Phi) is 4.61. The first-order valence-electron chi connectivity index (χ1n) is 7.26. The first-order valence-corrected chi connectivity index (χ1v) is 7.26. The molecule has 2 atom stereocenters. The lowest BCUT2D eigenvalue weighted by molar-refractivity contribution is -0.149. The van der Waals surface area contributed by atoms with Gasteiger partial charge >= 0.3 is 5.97 Å². The summed E-state index contributed by atoms with van der Waals surface area (Å²) in [5.41, 5.74) is 0. The fraction of sp³-hybridized carbons (Fsp3) is 0.733. The van der Waals surface area contributed by atoms with E-state index in [1.165, 1.54) is 19.3 Å². The van der Waals surface area contributed by atoms with Crippen LogP contribution < -0.4 is 0 Å². The van der Waals surface area contributed by atoms with Crippen molar-refractivity contribution in [3.8, 4) is 0 Å². The number of carboxylic acid groups (broad SMARTS) is 1. The smallest absolute Gasteiger partial charge is 0.326 e. The highest BCUT2D eigenvalue weighted by Gasteiger charge is 2.37. The molecule has 1 aliphatic carbocycles. The predicted octanol–water partition coefficient (Wildman–Crippen LogP) is 2.44. The highest BCUT2D eigenvalue weighted by molar-refractivity contribution is 5.85. The van der Waals surface area contributed by atoms with E-state index < -0.39 is 12.0 Å². The molecule has 1 saturated heterocycles. The molecular formula is C15H23NO3. The molecule has 0 aromatic rings. The van der Waals surface area contributed by atoms with E-state index in [-0.39, 0.29) is 11.8 Å². The molecule has 2 rings (SSSR count).